The monoisotopic (exact) mass is 393 g/mol. The van der Waals surface area contributed by atoms with Crippen LogP contribution >= 0.6 is 11.3 Å². The van der Waals surface area contributed by atoms with Gasteiger partial charge in [0, 0.05) is 24.9 Å². The highest BCUT2D eigenvalue weighted by Crippen LogP contribution is 2.25. The first-order chi connectivity index (χ1) is 13.7. The smallest absolute Gasteiger partial charge is 0.291 e. The van der Waals surface area contributed by atoms with Crippen LogP contribution in [0.3, 0.4) is 0 Å². The Hall–Kier alpha value is -3.39. The third-order valence-electron chi connectivity index (χ3n) is 4.02. The molecule has 0 unspecified atom stereocenters. The quantitative estimate of drug-likeness (QED) is 0.544. The Morgan fingerprint density at radius 2 is 1.96 bits per heavy atom. The molecule has 0 aliphatic heterocycles. The van der Waals surface area contributed by atoms with E-state index in [1.54, 1.807) is 23.0 Å². The average molecular weight is 393 g/mol. The first-order valence-electron chi connectivity index (χ1n) is 8.66. The normalized spacial score (nSPS) is 10.8. The molecule has 1 N–H and O–H groups in total. The summed E-state index contributed by atoms with van der Waals surface area (Å²) in [7, 11) is 0. The van der Waals surface area contributed by atoms with Crippen LogP contribution in [0, 0.1) is 5.82 Å². The predicted molar refractivity (Wildman–Crippen MR) is 105 cm³/mol. The summed E-state index contributed by atoms with van der Waals surface area (Å²) in [5.41, 5.74) is 1.52. The van der Waals surface area contributed by atoms with Gasteiger partial charge < -0.3 is 5.32 Å². The zero-order valence-electron chi connectivity index (χ0n) is 14.7. The molecule has 6 nitrogen and oxygen atoms in total. The fourth-order valence-corrected chi connectivity index (χ4v) is 3.36. The van der Waals surface area contributed by atoms with Crippen molar-refractivity contribution in [2.75, 3.05) is 6.54 Å². The lowest BCUT2D eigenvalue weighted by atomic mass is 10.3. The first-order valence-corrected chi connectivity index (χ1v) is 9.53. The van der Waals surface area contributed by atoms with Crippen LogP contribution in [0.25, 0.3) is 16.4 Å². The van der Waals surface area contributed by atoms with Crippen LogP contribution in [0.1, 0.15) is 16.3 Å². The lowest BCUT2D eigenvalue weighted by Gasteiger charge is -2.04. The van der Waals surface area contributed by atoms with Gasteiger partial charge in [0.2, 0.25) is 5.82 Å². The molecule has 3 aromatic heterocycles. The predicted octanol–water partition coefficient (Wildman–Crippen LogP) is 3.50. The molecule has 0 bridgehead atoms. The molecule has 8 heteroatoms. The van der Waals surface area contributed by atoms with Crippen LogP contribution in [0.5, 0.6) is 0 Å². The molecule has 0 fully saturated rings. The van der Waals surface area contributed by atoms with Crippen molar-refractivity contribution in [2.24, 2.45) is 0 Å². The molecule has 3 heterocycles. The summed E-state index contributed by atoms with van der Waals surface area (Å²) >= 11 is 1.49. The minimum atomic E-state index is -0.366. The van der Waals surface area contributed by atoms with E-state index in [1.807, 2.05) is 35.7 Å². The number of halogens is 1. The fraction of sp³-hybridized carbons (Fsp3) is 0.100. The number of benzene rings is 1. The number of carbonyl (C=O) groups excluding carboxylic acids is 1. The minimum Gasteiger partial charge on any atom is -0.349 e. The number of nitrogens with one attached hydrogen (secondary N) is 1. The van der Waals surface area contributed by atoms with E-state index in [-0.39, 0.29) is 17.5 Å². The van der Waals surface area contributed by atoms with Gasteiger partial charge in [0.25, 0.3) is 5.91 Å². The third-order valence-corrected chi connectivity index (χ3v) is 4.88. The number of hydrogen-bond donors (Lipinski definition) is 1. The third kappa shape index (κ3) is 3.96. The van der Waals surface area contributed by atoms with Crippen molar-refractivity contribution in [2.45, 2.75) is 6.42 Å². The van der Waals surface area contributed by atoms with E-state index in [0.717, 1.165) is 10.6 Å². The van der Waals surface area contributed by atoms with Gasteiger partial charge in [-0.15, -0.1) is 16.4 Å². The maximum absolute atomic E-state index is 13.3. The van der Waals surface area contributed by atoms with E-state index in [1.165, 1.54) is 23.5 Å². The van der Waals surface area contributed by atoms with Crippen LogP contribution in [0.2, 0.25) is 0 Å². The Labute approximate surface area is 164 Å². The lowest BCUT2D eigenvalue weighted by Crippen LogP contribution is -2.27. The summed E-state index contributed by atoms with van der Waals surface area (Å²) in [6, 6.07) is 15.4. The van der Waals surface area contributed by atoms with Crippen molar-refractivity contribution in [3.63, 3.8) is 0 Å². The standard InChI is InChI=1S/C20H16FN5OS/c21-14-6-8-16(9-7-14)26-19(17-5-3-13-28-17)24-18(25-26)20(27)23-12-10-15-4-1-2-11-22-15/h1-9,11,13H,10,12H2,(H,23,27). The molecular formula is C20H16FN5OS. The van der Waals surface area contributed by atoms with Gasteiger partial charge in [0.05, 0.1) is 10.6 Å². The van der Waals surface area contributed by atoms with E-state index in [9.17, 15) is 9.18 Å². The molecule has 140 valence electrons. The number of nitrogens with zero attached hydrogens (tertiary/aromatic N) is 4. The molecule has 4 rings (SSSR count). The molecule has 4 aromatic rings. The van der Waals surface area contributed by atoms with E-state index >= 15 is 0 Å². The number of pyridine rings is 1. The number of amides is 1. The van der Waals surface area contributed by atoms with Crippen LogP contribution in [0.15, 0.2) is 66.2 Å². The Kier molecular flexibility index (Phi) is 5.20. The van der Waals surface area contributed by atoms with Crippen LogP contribution in [-0.4, -0.2) is 32.2 Å². The molecule has 0 aliphatic rings. The maximum atomic E-state index is 13.3. The highest BCUT2D eigenvalue weighted by atomic mass is 32.1. The second-order valence-corrected chi connectivity index (χ2v) is 6.90. The highest BCUT2D eigenvalue weighted by Gasteiger charge is 2.19. The molecule has 0 aliphatic carbocycles. The summed E-state index contributed by atoms with van der Waals surface area (Å²) < 4.78 is 14.8. The number of carbonyl (C=O) groups is 1. The minimum absolute atomic E-state index is 0.0637. The zero-order chi connectivity index (χ0) is 19.3. The SMILES string of the molecule is O=C(NCCc1ccccn1)c1nc(-c2cccs2)n(-c2ccc(F)cc2)n1. The number of thiophene rings is 1. The summed E-state index contributed by atoms with van der Waals surface area (Å²) in [6.07, 6.45) is 2.33. The van der Waals surface area contributed by atoms with Crippen LogP contribution in [0.4, 0.5) is 4.39 Å². The molecule has 0 saturated carbocycles. The molecule has 0 saturated heterocycles. The highest BCUT2D eigenvalue weighted by molar-refractivity contribution is 7.13. The van der Waals surface area contributed by atoms with Gasteiger partial charge in [-0.1, -0.05) is 12.1 Å². The van der Waals surface area contributed by atoms with Gasteiger partial charge in [0.1, 0.15) is 5.82 Å². The maximum Gasteiger partial charge on any atom is 0.291 e. The Morgan fingerprint density at radius 3 is 2.68 bits per heavy atom. The molecule has 1 aromatic carbocycles. The average Bonchev–Trinajstić information content (AvgIpc) is 3.39. The molecule has 1 amide bonds. The van der Waals surface area contributed by atoms with Gasteiger partial charge in [-0.2, -0.15) is 0 Å². The second-order valence-electron chi connectivity index (χ2n) is 5.95. The van der Waals surface area contributed by atoms with Crippen molar-refractivity contribution < 1.29 is 9.18 Å². The van der Waals surface area contributed by atoms with E-state index in [2.05, 4.69) is 20.4 Å². The van der Waals surface area contributed by atoms with Crippen molar-refractivity contribution in [1.29, 1.82) is 0 Å². The van der Waals surface area contributed by atoms with Gasteiger partial charge >= 0.3 is 0 Å². The first kappa shape index (κ1) is 18.0. The molecule has 0 atom stereocenters. The van der Waals surface area contributed by atoms with Gasteiger partial charge in [0.15, 0.2) is 5.82 Å². The molecule has 0 spiro atoms. The van der Waals surface area contributed by atoms with Crippen LogP contribution in [-0.2, 0) is 6.42 Å². The van der Waals surface area contributed by atoms with Crippen molar-refractivity contribution in [3.05, 3.63) is 83.5 Å². The summed E-state index contributed by atoms with van der Waals surface area (Å²) in [5, 5.41) is 9.10. The van der Waals surface area contributed by atoms with E-state index < -0.39 is 0 Å². The van der Waals surface area contributed by atoms with Crippen molar-refractivity contribution in [1.82, 2.24) is 25.1 Å². The van der Waals surface area contributed by atoms with Crippen molar-refractivity contribution in [3.8, 4) is 16.4 Å². The Bertz CT molecular complexity index is 1060. The summed E-state index contributed by atoms with van der Waals surface area (Å²) in [5.74, 6) is -0.103. The molecule has 28 heavy (non-hydrogen) atoms. The van der Waals surface area contributed by atoms with Gasteiger partial charge in [-0.25, -0.2) is 14.1 Å². The Balaban J connectivity index is 1.56. The fourth-order valence-electron chi connectivity index (χ4n) is 2.67. The van der Waals surface area contributed by atoms with Gasteiger partial charge in [-0.3, -0.25) is 9.78 Å². The largest absolute Gasteiger partial charge is 0.349 e. The number of hydrogen-bond acceptors (Lipinski definition) is 5. The Morgan fingerprint density at radius 1 is 1.11 bits per heavy atom. The summed E-state index contributed by atoms with van der Waals surface area (Å²) in [6.45, 7) is 0.426. The van der Waals surface area contributed by atoms with Crippen molar-refractivity contribution >= 4 is 17.2 Å². The van der Waals surface area contributed by atoms with E-state index in [0.29, 0.717) is 24.5 Å². The topological polar surface area (TPSA) is 72.7 Å². The molecular weight excluding hydrogens is 377 g/mol. The molecule has 0 radical (unpaired) electrons. The second kappa shape index (κ2) is 8.10. The summed E-state index contributed by atoms with van der Waals surface area (Å²) in [4.78, 5) is 22.0. The zero-order valence-corrected chi connectivity index (χ0v) is 15.6. The van der Waals surface area contributed by atoms with E-state index in [4.69, 9.17) is 0 Å². The number of rotatable bonds is 6. The number of aromatic nitrogens is 4. The lowest BCUT2D eigenvalue weighted by molar-refractivity contribution is 0.0944. The van der Waals surface area contributed by atoms with Gasteiger partial charge in [-0.05, 0) is 47.8 Å². The van der Waals surface area contributed by atoms with Crippen LogP contribution < -0.4 is 5.32 Å².